The van der Waals surface area contributed by atoms with Crippen LogP contribution in [0.4, 0.5) is 4.39 Å². The molecule has 1 aromatic carbocycles. The molecule has 104 valence electrons. The van der Waals surface area contributed by atoms with Gasteiger partial charge in [0.15, 0.2) is 0 Å². The highest BCUT2D eigenvalue weighted by Gasteiger charge is 2.27. The Bertz CT molecular complexity index is 657. The Hall–Kier alpha value is -2.17. The van der Waals surface area contributed by atoms with E-state index in [-0.39, 0.29) is 11.7 Å². The smallest absolute Gasteiger partial charge is 0.255 e. The lowest BCUT2D eigenvalue weighted by Crippen LogP contribution is -2.26. The minimum absolute atomic E-state index is 0.0733. The van der Waals surface area contributed by atoms with Crippen molar-refractivity contribution < 1.29 is 9.18 Å². The number of carbonyl (C=O) groups is 1. The molecule has 0 saturated heterocycles. The van der Waals surface area contributed by atoms with Crippen LogP contribution in [0.1, 0.15) is 34.6 Å². The van der Waals surface area contributed by atoms with Crippen LogP contribution >= 0.6 is 0 Å². The Balaban J connectivity index is 1.97. The molecule has 1 N–H and O–H groups in total. The molecule has 1 heterocycles. The largest absolute Gasteiger partial charge is 0.349 e. The lowest BCUT2D eigenvalue weighted by atomic mass is 10.2. The number of amides is 1. The Kier molecular flexibility index (Phi) is 3.04. The van der Waals surface area contributed by atoms with Gasteiger partial charge in [-0.3, -0.25) is 4.79 Å². The molecule has 1 fully saturated rings. The van der Waals surface area contributed by atoms with Gasteiger partial charge >= 0.3 is 0 Å². The molecule has 1 amide bonds. The van der Waals surface area contributed by atoms with Crippen molar-refractivity contribution in [2.75, 3.05) is 0 Å². The van der Waals surface area contributed by atoms with Gasteiger partial charge in [-0.05, 0) is 51.0 Å². The quantitative estimate of drug-likeness (QED) is 0.934. The van der Waals surface area contributed by atoms with Crippen LogP contribution in [-0.2, 0) is 0 Å². The summed E-state index contributed by atoms with van der Waals surface area (Å²) >= 11 is 0. The molecule has 0 unspecified atom stereocenters. The van der Waals surface area contributed by atoms with Crippen molar-refractivity contribution in [2.45, 2.75) is 32.7 Å². The first-order chi connectivity index (χ1) is 9.56. The van der Waals surface area contributed by atoms with Gasteiger partial charge in [-0.2, -0.15) is 5.10 Å². The van der Waals surface area contributed by atoms with Gasteiger partial charge in [-0.1, -0.05) is 0 Å². The average Bonchev–Trinajstić information content (AvgIpc) is 3.16. The summed E-state index contributed by atoms with van der Waals surface area (Å²) in [4.78, 5) is 12.2. The lowest BCUT2D eigenvalue weighted by Gasteiger charge is -2.06. The Morgan fingerprint density at radius 1 is 1.30 bits per heavy atom. The van der Waals surface area contributed by atoms with E-state index in [4.69, 9.17) is 0 Å². The van der Waals surface area contributed by atoms with Gasteiger partial charge in [0.05, 0.1) is 22.6 Å². The first-order valence-corrected chi connectivity index (χ1v) is 6.69. The van der Waals surface area contributed by atoms with Gasteiger partial charge in [0.1, 0.15) is 5.82 Å². The van der Waals surface area contributed by atoms with Crippen LogP contribution < -0.4 is 5.32 Å². The second-order valence-corrected chi connectivity index (χ2v) is 5.18. The molecule has 20 heavy (non-hydrogen) atoms. The molecule has 0 bridgehead atoms. The summed E-state index contributed by atoms with van der Waals surface area (Å²) in [6, 6.07) is 6.38. The number of aromatic nitrogens is 2. The van der Waals surface area contributed by atoms with E-state index in [1.807, 2.05) is 13.8 Å². The predicted octanol–water partition coefficient (Wildman–Crippen LogP) is 2.52. The SMILES string of the molecule is Cc1nn(-c2ccc(F)cc2)c(C)c1C(=O)NC1CC1. The van der Waals surface area contributed by atoms with Crippen molar-refractivity contribution in [2.24, 2.45) is 0 Å². The number of aryl methyl sites for hydroxylation is 1. The summed E-state index contributed by atoms with van der Waals surface area (Å²) < 4.78 is 14.6. The molecule has 4 nitrogen and oxygen atoms in total. The number of hydrogen-bond acceptors (Lipinski definition) is 2. The zero-order valence-electron chi connectivity index (χ0n) is 11.5. The van der Waals surface area contributed by atoms with E-state index >= 15 is 0 Å². The fourth-order valence-corrected chi connectivity index (χ4v) is 2.29. The minimum Gasteiger partial charge on any atom is -0.349 e. The number of carbonyl (C=O) groups excluding carboxylic acids is 1. The summed E-state index contributed by atoms with van der Waals surface area (Å²) in [6.45, 7) is 3.67. The van der Waals surface area contributed by atoms with E-state index in [0.29, 0.717) is 17.3 Å². The van der Waals surface area contributed by atoms with Crippen molar-refractivity contribution in [1.82, 2.24) is 15.1 Å². The summed E-state index contributed by atoms with van der Waals surface area (Å²) in [7, 11) is 0. The molecule has 0 atom stereocenters. The Labute approximate surface area is 116 Å². The normalized spacial score (nSPS) is 14.3. The van der Waals surface area contributed by atoms with Crippen LogP contribution in [0.2, 0.25) is 0 Å². The fraction of sp³-hybridized carbons (Fsp3) is 0.333. The maximum atomic E-state index is 13.0. The number of nitrogens with zero attached hydrogens (tertiary/aromatic N) is 2. The number of halogens is 1. The van der Waals surface area contributed by atoms with Crippen LogP contribution in [0.3, 0.4) is 0 Å². The molecule has 5 heteroatoms. The second kappa shape index (κ2) is 4.74. The van der Waals surface area contributed by atoms with Crippen molar-refractivity contribution in [3.8, 4) is 5.69 Å². The van der Waals surface area contributed by atoms with Crippen LogP contribution in [0, 0.1) is 19.7 Å². The number of nitrogens with one attached hydrogen (secondary N) is 1. The van der Waals surface area contributed by atoms with Crippen LogP contribution in [-0.4, -0.2) is 21.7 Å². The van der Waals surface area contributed by atoms with Gasteiger partial charge in [-0.15, -0.1) is 0 Å². The van der Waals surface area contributed by atoms with Gasteiger partial charge in [-0.25, -0.2) is 9.07 Å². The second-order valence-electron chi connectivity index (χ2n) is 5.18. The molecular formula is C15H16FN3O. The summed E-state index contributed by atoms with van der Waals surface area (Å²) in [5.41, 5.74) is 2.82. The maximum absolute atomic E-state index is 13.0. The summed E-state index contributed by atoms with van der Waals surface area (Å²) in [6.07, 6.45) is 2.10. The van der Waals surface area contributed by atoms with Crippen LogP contribution in [0.25, 0.3) is 5.69 Å². The van der Waals surface area contributed by atoms with Gasteiger partial charge < -0.3 is 5.32 Å². The Morgan fingerprint density at radius 3 is 2.55 bits per heavy atom. The zero-order valence-corrected chi connectivity index (χ0v) is 11.5. The van der Waals surface area contributed by atoms with E-state index in [2.05, 4.69) is 10.4 Å². The summed E-state index contributed by atoms with van der Waals surface area (Å²) in [5, 5.41) is 7.37. The number of hydrogen-bond donors (Lipinski definition) is 1. The van der Waals surface area contributed by atoms with Crippen LogP contribution in [0.15, 0.2) is 24.3 Å². The van der Waals surface area contributed by atoms with Gasteiger partial charge in [0.25, 0.3) is 5.91 Å². The maximum Gasteiger partial charge on any atom is 0.255 e. The standard InChI is InChI=1S/C15H16FN3O/c1-9-14(15(20)17-12-5-6-12)10(2)19(18-9)13-7-3-11(16)4-8-13/h3-4,7-8,12H,5-6H2,1-2H3,(H,17,20). The van der Waals surface area contributed by atoms with Gasteiger partial charge in [0, 0.05) is 6.04 Å². The molecule has 0 aliphatic heterocycles. The third kappa shape index (κ3) is 2.31. The summed E-state index contributed by atoms with van der Waals surface area (Å²) in [5.74, 6) is -0.363. The zero-order chi connectivity index (χ0) is 14.3. The van der Waals surface area contributed by atoms with Crippen molar-refractivity contribution in [3.05, 3.63) is 47.0 Å². The number of rotatable bonds is 3. The van der Waals surface area contributed by atoms with E-state index in [1.165, 1.54) is 12.1 Å². The molecule has 0 spiro atoms. The van der Waals surface area contributed by atoms with E-state index < -0.39 is 0 Å². The van der Waals surface area contributed by atoms with E-state index in [0.717, 1.165) is 24.2 Å². The van der Waals surface area contributed by atoms with Crippen LogP contribution in [0.5, 0.6) is 0 Å². The monoisotopic (exact) mass is 273 g/mol. The van der Waals surface area contributed by atoms with Crippen molar-refractivity contribution in [3.63, 3.8) is 0 Å². The highest BCUT2D eigenvalue weighted by molar-refractivity contribution is 5.96. The molecule has 2 aromatic rings. The minimum atomic E-state index is -0.290. The Morgan fingerprint density at radius 2 is 1.95 bits per heavy atom. The lowest BCUT2D eigenvalue weighted by molar-refractivity contribution is 0.0950. The fourth-order valence-electron chi connectivity index (χ4n) is 2.29. The molecule has 1 aliphatic carbocycles. The average molecular weight is 273 g/mol. The van der Waals surface area contributed by atoms with Gasteiger partial charge in [0.2, 0.25) is 0 Å². The van der Waals surface area contributed by atoms with Crippen molar-refractivity contribution >= 4 is 5.91 Å². The topological polar surface area (TPSA) is 46.9 Å². The highest BCUT2D eigenvalue weighted by Crippen LogP contribution is 2.22. The van der Waals surface area contributed by atoms with E-state index in [1.54, 1.807) is 16.8 Å². The molecular weight excluding hydrogens is 257 g/mol. The number of benzene rings is 1. The van der Waals surface area contributed by atoms with E-state index in [9.17, 15) is 9.18 Å². The third-order valence-corrected chi connectivity index (χ3v) is 3.50. The first kappa shape index (κ1) is 12.8. The molecule has 1 aromatic heterocycles. The molecule has 1 saturated carbocycles. The molecule has 3 rings (SSSR count). The first-order valence-electron chi connectivity index (χ1n) is 6.69. The van der Waals surface area contributed by atoms with Crippen molar-refractivity contribution in [1.29, 1.82) is 0 Å². The molecule has 1 aliphatic rings. The third-order valence-electron chi connectivity index (χ3n) is 3.50. The predicted molar refractivity (Wildman–Crippen MR) is 73.5 cm³/mol. The highest BCUT2D eigenvalue weighted by atomic mass is 19.1. The molecule has 0 radical (unpaired) electrons.